The average Bonchev–Trinajstić information content (AvgIpc) is 3.16. The Morgan fingerprint density at radius 2 is 0.741 bits per heavy atom. The van der Waals surface area contributed by atoms with Crippen molar-refractivity contribution < 1.29 is 0 Å². The van der Waals surface area contributed by atoms with Gasteiger partial charge in [0.15, 0.2) is 8.67 Å². The number of hydrogen-bond donors (Lipinski definition) is 0. The zero-order chi connectivity index (χ0) is 20.3. The number of halogens is 12. The molecule has 4 aliphatic carbocycles. The molecule has 27 heavy (non-hydrogen) atoms. The summed E-state index contributed by atoms with van der Waals surface area (Å²) in [6.07, 6.45) is 0. The van der Waals surface area contributed by atoms with Crippen molar-refractivity contribution in [3.63, 3.8) is 0 Å². The summed E-state index contributed by atoms with van der Waals surface area (Å²) >= 11 is 81.7. The summed E-state index contributed by atoms with van der Waals surface area (Å²) in [6, 6.07) is 0. The Balaban J connectivity index is 1.80. The van der Waals surface area contributed by atoms with Crippen LogP contribution in [0.25, 0.3) is 0 Å². The van der Waals surface area contributed by atoms with Gasteiger partial charge in [0, 0.05) is 22.3 Å². The van der Waals surface area contributed by atoms with Crippen LogP contribution in [0.4, 0.5) is 0 Å². The van der Waals surface area contributed by atoms with Gasteiger partial charge in [-0.25, -0.2) is 0 Å². The van der Waals surface area contributed by atoms with Gasteiger partial charge in [-0.15, -0.1) is 58.2 Å². The largest absolute Gasteiger partial charge is 0.167 e. The topological polar surface area (TPSA) is 0 Å². The van der Waals surface area contributed by atoms with E-state index in [1.165, 1.54) is 11.8 Å². The van der Waals surface area contributed by atoms with Crippen LogP contribution < -0.4 is 0 Å². The Morgan fingerprint density at radius 1 is 0.481 bits per heavy atom. The first-order chi connectivity index (χ1) is 12.1. The maximum atomic E-state index is 7.00. The number of thioether (sulfide) groups is 1. The van der Waals surface area contributed by atoms with Crippen molar-refractivity contribution >= 4 is 151 Å². The van der Waals surface area contributed by atoms with E-state index in [9.17, 15) is 0 Å². The molecule has 0 radical (unpaired) electrons. The van der Waals surface area contributed by atoms with Crippen molar-refractivity contribution in [2.45, 2.75) is 38.7 Å². The van der Waals surface area contributed by atoms with E-state index in [2.05, 4.69) is 0 Å². The molecule has 1 saturated heterocycles. The Bertz CT molecular complexity index is 811. The fraction of sp³-hybridized carbons (Fsp3) is 0.714. The molecular weight excluding hydrogens is 626 g/mol. The van der Waals surface area contributed by atoms with Gasteiger partial charge in [-0.2, -0.15) is 0 Å². The third kappa shape index (κ3) is 1.76. The molecule has 0 N–H and O–H groups in total. The van der Waals surface area contributed by atoms with E-state index in [1.54, 1.807) is 0 Å². The highest BCUT2D eigenvalue weighted by atomic mass is 35.5. The zero-order valence-corrected chi connectivity index (χ0v) is 22.1. The van der Waals surface area contributed by atoms with Crippen molar-refractivity contribution in [1.82, 2.24) is 0 Å². The minimum Gasteiger partial charge on any atom is -0.150 e. The first-order valence-electron chi connectivity index (χ1n) is 7.39. The summed E-state index contributed by atoms with van der Waals surface area (Å²) in [5, 5.41) is -0.588. The van der Waals surface area contributed by atoms with Crippen LogP contribution in [0.15, 0.2) is 20.1 Å². The molecule has 5 aliphatic rings. The molecule has 0 nitrogen and oxygen atoms in total. The molecule has 4 bridgehead atoms. The van der Waals surface area contributed by atoms with Crippen molar-refractivity contribution in [2.75, 3.05) is 0 Å². The Labute approximate surface area is 219 Å². The molecule has 8 atom stereocenters. The third-order valence-corrected chi connectivity index (χ3v) is 17.2. The maximum absolute atomic E-state index is 7.00. The Kier molecular flexibility index (Phi) is 4.65. The second-order valence-corrected chi connectivity index (χ2v) is 15.1. The van der Waals surface area contributed by atoms with Gasteiger partial charge in [0.05, 0.1) is 20.1 Å². The summed E-state index contributed by atoms with van der Waals surface area (Å²) < 4.78 is -3.42. The zero-order valence-electron chi connectivity index (χ0n) is 12.3. The van der Waals surface area contributed by atoms with Gasteiger partial charge in [0.1, 0.15) is 19.5 Å². The molecule has 150 valence electrons. The van der Waals surface area contributed by atoms with Crippen LogP contribution in [0.5, 0.6) is 0 Å². The molecule has 5 rings (SSSR count). The van der Waals surface area contributed by atoms with Crippen LogP contribution in [0.2, 0.25) is 0 Å². The summed E-state index contributed by atoms with van der Waals surface area (Å²) in [5.74, 6) is -1.13. The quantitative estimate of drug-likeness (QED) is 0.243. The minimum absolute atomic E-state index is 0.0703. The van der Waals surface area contributed by atoms with Crippen LogP contribution >= 0.6 is 151 Å². The van der Waals surface area contributed by atoms with Gasteiger partial charge < -0.3 is 0 Å². The normalized spacial score (nSPS) is 59.1. The highest BCUT2D eigenvalue weighted by Gasteiger charge is 2.93. The Morgan fingerprint density at radius 3 is 1.04 bits per heavy atom. The third-order valence-electron chi connectivity index (χ3n) is 6.53. The molecule has 3 fully saturated rings. The van der Waals surface area contributed by atoms with Crippen LogP contribution in [0.1, 0.15) is 0 Å². The van der Waals surface area contributed by atoms with Crippen molar-refractivity contribution in [3.05, 3.63) is 20.1 Å². The van der Waals surface area contributed by atoms with E-state index in [1.807, 2.05) is 0 Å². The van der Waals surface area contributed by atoms with Gasteiger partial charge in [-0.05, 0) is 0 Å². The van der Waals surface area contributed by atoms with Gasteiger partial charge in [0.25, 0.3) is 0 Å². The second-order valence-electron chi connectivity index (χ2n) is 7.28. The van der Waals surface area contributed by atoms with E-state index < -0.39 is 50.5 Å². The number of fused-ring (bicyclic) bond motifs is 11. The fourth-order valence-corrected chi connectivity index (χ4v) is 14.4. The van der Waals surface area contributed by atoms with Crippen LogP contribution in [-0.4, -0.2) is 38.7 Å². The molecule has 13 heteroatoms. The summed E-state index contributed by atoms with van der Waals surface area (Å²) in [5.41, 5.74) is 0. The SMILES string of the molecule is ClC1=C(Cl)[C@@]2(Cl)[C@H]3S[C@H]4[C@H]([C@H]3[C@@]1(Cl)C2(Cl)Cl)[C@]1(Cl)C(Cl)=C(Cl)[C@]4(Cl)C1(Cl)Cl. The molecule has 0 amide bonds. The molecule has 2 saturated carbocycles. The van der Waals surface area contributed by atoms with Crippen LogP contribution in [0, 0.1) is 11.8 Å². The monoisotopic (exact) mass is 624 g/mol. The van der Waals surface area contributed by atoms with E-state index in [-0.39, 0.29) is 20.1 Å². The highest BCUT2D eigenvalue weighted by Crippen LogP contribution is 2.87. The van der Waals surface area contributed by atoms with Crippen LogP contribution in [0.3, 0.4) is 0 Å². The minimum atomic E-state index is -1.71. The first kappa shape index (κ1) is 22.1. The van der Waals surface area contributed by atoms with Gasteiger partial charge in [-0.3, -0.25) is 0 Å². The number of rotatable bonds is 0. The summed E-state index contributed by atoms with van der Waals surface area (Å²) in [6.45, 7) is 0. The number of hydrogen-bond acceptors (Lipinski definition) is 1. The van der Waals surface area contributed by atoms with Crippen molar-refractivity contribution in [3.8, 4) is 0 Å². The predicted molar refractivity (Wildman–Crippen MR) is 123 cm³/mol. The standard InChI is InChI=1S/C14H4Cl12S/c15-3-5(17)11(21)7-1(9(3,19)13(11,23)24)2-8(27-7)12(22)6(18)4(16)10(2,20)14(12,25)26/h1-2,7-8H/t1-,2+,7-,8-,9-,10-,11+,12+/m0/s1. The molecule has 1 heterocycles. The number of alkyl halides is 8. The lowest BCUT2D eigenvalue weighted by atomic mass is 9.74. The molecule has 0 aromatic rings. The second kappa shape index (κ2) is 5.68. The van der Waals surface area contributed by atoms with E-state index in [0.717, 1.165) is 0 Å². The summed E-state index contributed by atoms with van der Waals surface area (Å²) in [7, 11) is 0. The summed E-state index contributed by atoms with van der Waals surface area (Å²) in [4.78, 5) is -5.95. The number of allylic oxidation sites excluding steroid dienone is 4. The molecule has 0 spiro atoms. The predicted octanol–water partition coefficient (Wildman–Crippen LogP) is 8.39. The molecule has 0 unspecified atom stereocenters. The molecule has 0 aromatic carbocycles. The van der Waals surface area contributed by atoms with E-state index >= 15 is 0 Å². The molecule has 0 aromatic heterocycles. The first-order valence-corrected chi connectivity index (χ1v) is 12.9. The van der Waals surface area contributed by atoms with Gasteiger partial charge >= 0.3 is 0 Å². The smallest absolute Gasteiger partial charge is 0.150 e. The maximum Gasteiger partial charge on any atom is 0.167 e. The lowest BCUT2D eigenvalue weighted by Gasteiger charge is -2.42. The molecule has 1 aliphatic heterocycles. The van der Waals surface area contributed by atoms with Crippen LogP contribution in [-0.2, 0) is 0 Å². The lowest BCUT2D eigenvalue weighted by Crippen LogP contribution is -2.51. The fourth-order valence-electron chi connectivity index (χ4n) is 5.34. The van der Waals surface area contributed by atoms with E-state index in [0.29, 0.717) is 0 Å². The van der Waals surface area contributed by atoms with Crippen molar-refractivity contribution in [1.29, 1.82) is 0 Å². The average molecular weight is 630 g/mol. The van der Waals surface area contributed by atoms with Crippen molar-refractivity contribution in [2.24, 2.45) is 11.8 Å². The lowest BCUT2D eigenvalue weighted by molar-refractivity contribution is 0.301. The van der Waals surface area contributed by atoms with Gasteiger partial charge in [0.2, 0.25) is 0 Å². The molecular formula is C14H4Cl12S. The Hall–Kier alpha value is 3.31. The van der Waals surface area contributed by atoms with E-state index in [4.69, 9.17) is 139 Å². The highest BCUT2D eigenvalue weighted by molar-refractivity contribution is 8.01. The van der Waals surface area contributed by atoms with Gasteiger partial charge in [-0.1, -0.05) is 92.8 Å².